The van der Waals surface area contributed by atoms with E-state index in [1.807, 2.05) is 6.92 Å². The van der Waals surface area contributed by atoms with Crippen LogP contribution in [0.1, 0.15) is 20.8 Å². The average molecular weight is 230 g/mol. The van der Waals surface area contributed by atoms with E-state index < -0.39 is 0 Å². The Morgan fingerprint density at radius 2 is 2.27 bits per heavy atom. The number of hydrogen-bond acceptors (Lipinski definition) is 6. The lowest BCUT2D eigenvalue weighted by Crippen LogP contribution is -2.30. The van der Waals surface area contributed by atoms with Gasteiger partial charge in [-0.05, 0) is 12.8 Å². The fourth-order valence-corrected chi connectivity index (χ4v) is 1.66. The fourth-order valence-electron chi connectivity index (χ4n) is 1.10. The maximum absolute atomic E-state index is 5.45. The van der Waals surface area contributed by atoms with E-state index in [1.165, 1.54) is 11.5 Å². The van der Waals surface area contributed by atoms with E-state index in [0.29, 0.717) is 18.5 Å². The summed E-state index contributed by atoms with van der Waals surface area (Å²) in [6.45, 7) is 7.67. The SMILES string of the molecule is CCOCC(Nc1nc(N)ns1)C(C)C. The van der Waals surface area contributed by atoms with E-state index in [1.54, 1.807) is 0 Å². The summed E-state index contributed by atoms with van der Waals surface area (Å²) in [6, 6.07) is 0.247. The maximum Gasteiger partial charge on any atom is 0.233 e. The Hall–Kier alpha value is -0.880. The van der Waals surface area contributed by atoms with Gasteiger partial charge < -0.3 is 15.8 Å². The summed E-state index contributed by atoms with van der Waals surface area (Å²) in [7, 11) is 0. The monoisotopic (exact) mass is 230 g/mol. The average Bonchev–Trinajstić information content (AvgIpc) is 2.58. The lowest BCUT2D eigenvalue weighted by Gasteiger charge is -2.21. The van der Waals surface area contributed by atoms with Crippen molar-refractivity contribution in [2.45, 2.75) is 26.8 Å². The third-order valence-corrected chi connectivity index (χ3v) is 2.72. The minimum atomic E-state index is 0.247. The molecule has 5 nitrogen and oxygen atoms in total. The number of nitrogens with two attached hydrogens (primary N) is 1. The van der Waals surface area contributed by atoms with Gasteiger partial charge in [-0.25, -0.2) is 0 Å². The molecule has 1 aromatic heterocycles. The van der Waals surface area contributed by atoms with Crippen LogP contribution in [-0.4, -0.2) is 28.6 Å². The molecule has 1 atom stereocenters. The molecule has 0 fully saturated rings. The largest absolute Gasteiger partial charge is 0.380 e. The van der Waals surface area contributed by atoms with Gasteiger partial charge in [-0.15, -0.1) is 0 Å². The second kappa shape index (κ2) is 5.87. The predicted molar refractivity (Wildman–Crippen MR) is 63.1 cm³/mol. The van der Waals surface area contributed by atoms with E-state index in [2.05, 4.69) is 28.5 Å². The first-order valence-electron chi connectivity index (χ1n) is 5.07. The highest BCUT2D eigenvalue weighted by Crippen LogP contribution is 2.16. The van der Waals surface area contributed by atoms with Crippen molar-refractivity contribution in [3.63, 3.8) is 0 Å². The van der Waals surface area contributed by atoms with Gasteiger partial charge in [0.05, 0.1) is 12.6 Å². The van der Waals surface area contributed by atoms with E-state index in [0.717, 1.165) is 11.7 Å². The number of aromatic nitrogens is 2. The van der Waals surface area contributed by atoms with Crippen LogP contribution in [0.3, 0.4) is 0 Å². The van der Waals surface area contributed by atoms with Crippen LogP contribution in [0.4, 0.5) is 11.1 Å². The third kappa shape index (κ3) is 4.01. The molecule has 0 aliphatic carbocycles. The van der Waals surface area contributed by atoms with Crippen LogP contribution < -0.4 is 11.1 Å². The van der Waals surface area contributed by atoms with Crippen LogP contribution in [0.25, 0.3) is 0 Å². The van der Waals surface area contributed by atoms with Gasteiger partial charge in [-0.1, -0.05) is 13.8 Å². The van der Waals surface area contributed by atoms with Crippen molar-refractivity contribution in [2.75, 3.05) is 24.3 Å². The zero-order valence-corrected chi connectivity index (χ0v) is 10.2. The van der Waals surface area contributed by atoms with Gasteiger partial charge in [0.1, 0.15) is 0 Å². The molecule has 3 N–H and O–H groups in total. The smallest absolute Gasteiger partial charge is 0.233 e. The highest BCUT2D eigenvalue weighted by atomic mass is 32.1. The zero-order chi connectivity index (χ0) is 11.3. The summed E-state index contributed by atoms with van der Waals surface area (Å²) in [5, 5.41) is 4.03. The number of nitrogens with one attached hydrogen (secondary N) is 1. The molecule has 0 spiro atoms. The molecular formula is C9H18N4OS. The van der Waals surface area contributed by atoms with Crippen molar-refractivity contribution in [2.24, 2.45) is 5.92 Å². The van der Waals surface area contributed by atoms with Crippen LogP contribution in [-0.2, 0) is 4.74 Å². The van der Waals surface area contributed by atoms with Crippen molar-refractivity contribution in [1.82, 2.24) is 9.36 Å². The third-order valence-electron chi connectivity index (χ3n) is 2.06. The van der Waals surface area contributed by atoms with Crippen LogP contribution in [0.2, 0.25) is 0 Å². The van der Waals surface area contributed by atoms with Gasteiger partial charge in [-0.2, -0.15) is 9.36 Å². The molecule has 1 rings (SSSR count). The summed E-state index contributed by atoms with van der Waals surface area (Å²) in [5.74, 6) is 0.795. The van der Waals surface area contributed by atoms with Gasteiger partial charge >= 0.3 is 0 Å². The topological polar surface area (TPSA) is 73.1 Å². The number of nitrogen functional groups attached to an aromatic ring is 1. The van der Waals surface area contributed by atoms with Gasteiger partial charge in [0.15, 0.2) is 0 Å². The first kappa shape index (κ1) is 12.2. The Kier molecular flexibility index (Phi) is 4.77. The summed E-state index contributed by atoms with van der Waals surface area (Å²) in [5.41, 5.74) is 5.45. The number of hydrogen-bond donors (Lipinski definition) is 2. The molecule has 0 aromatic carbocycles. The summed E-state index contributed by atoms with van der Waals surface area (Å²) < 4.78 is 9.31. The van der Waals surface area contributed by atoms with E-state index in [-0.39, 0.29) is 6.04 Å². The van der Waals surface area contributed by atoms with Crippen molar-refractivity contribution >= 4 is 22.6 Å². The number of nitrogens with zero attached hydrogens (tertiary/aromatic N) is 2. The van der Waals surface area contributed by atoms with Crippen molar-refractivity contribution in [3.05, 3.63) is 0 Å². The number of ether oxygens (including phenoxy) is 1. The van der Waals surface area contributed by atoms with Crippen LogP contribution in [0.5, 0.6) is 0 Å². The van der Waals surface area contributed by atoms with Crippen molar-refractivity contribution in [1.29, 1.82) is 0 Å². The Balaban J connectivity index is 2.50. The molecule has 0 amide bonds. The maximum atomic E-state index is 5.45. The molecule has 6 heteroatoms. The number of anilines is 2. The van der Waals surface area contributed by atoms with Gasteiger partial charge in [0.2, 0.25) is 11.1 Å². The second-order valence-corrected chi connectivity index (χ2v) is 4.36. The second-order valence-electron chi connectivity index (χ2n) is 3.61. The van der Waals surface area contributed by atoms with Gasteiger partial charge in [0.25, 0.3) is 0 Å². The summed E-state index contributed by atoms with van der Waals surface area (Å²) in [6.07, 6.45) is 0. The molecule has 15 heavy (non-hydrogen) atoms. The normalized spacial score (nSPS) is 13.1. The Bertz CT molecular complexity index is 289. The molecule has 0 aliphatic rings. The van der Waals surface area contributed by atoms with E-state index in [9.17, 15) is 0 Å². The molecule has 0 saturated carbocycles. The standard InChI is InChI=1S/C9H18N4OS/c1-4-14-5-7(6(2)3)11-9-12-8(10)13-15-9/h6-7H,4-5H2,1-3H3,(H3,10,11,12,13). The minimum absolute atomic E-state index is 0.247. The van der Waals surface area contributed by atoms with Crippen LogP contribution in [0, 0.1) is 5.92 Å². The molecular weight excluding hydrogens is 212 g/mol. The van der Waals surface area contributed by atoms with Gasteiger partial charge in [-0.3, -0.25) is 0 Å². The Labute approximate surface area is 94.2 Å². The van der Waals surface area contributed by atoms with Crippen LogP contribution >= 0.6 is 11.5 Å². The van der Waals surface area contributed by atoms with Crippen molar-refractivity contribution in [3.8, 4) is 0 Å². The van der Waals surface area contributed by atoms with E-state index >= 15 is 0 Å². The molecule has 1 heterocycles. The lowest BCUT2D eigenvalue weighted by atomic mass is 10.1. The molecule has 0 saturated heterocycles. The number of rotatable bonds is 6. The molecule has 0 bridgehead atoms. The molecule has 1 aromatic rings. The lowest BCUT2D eigenvalue weighted by molar-refractivity contribution is 0.127. The summed E-state index contributed by atoms with van der Waals surface area (Å²) >= 11 is 1.28. The highest BCUT2D eigenvalue weighted by Gasteiger charge is 2.14. The molecule has 1 unspecified atom stereocenters. The molecule has 0 aliphatic heterocycles. The Morgan fingerprint density at radius 1 is 1.53 bits per heavy atom. The first-order valence-corrected chi connectivity index (χ1v) is 5.84. The fraction of sp³-hybridized carbons (Fsp3) is 0.778. The van der Waals surface area contributed by atoms with Crippen molar-refractivity contribution < 1.29 is 4.74 Å². The summed E-state index contributed by atoms with van der Waals surface area (Å²) in [4.78, 5) is 4.06. The van der Waals surface area contributed by atoms with E-state index in [4.69, 9.17) is 10.5 Å². The highest BCUT2D eigenvalue weighted by molar-refractivity contribution is 7.09. The molecule has 0 radical (unpaired) electrons. The Morgan fingerprint density at radius 3 is 2.73 bits per heavy atom. The minimum Gasteiger partial charge on any atom is -0.380 e. The van der Waals surface area contributed by atoms with Gasteiger partial charge in [0, 0.05) is 18.1 Å². The first-order chi connectivity index (χ1) is 7.13. The van der Waals surface area contributed by atoms with Crippen LogP contribution in [0.15, 0.2) is 0 Å². The zero-order valence-electron chi connectivity index (χ0n) is 9.36. The quantitative estimate of drug-likeness (QED) is 0.776. The predicted octanol–water partition coefficient (Wildman–Crippen LogP) is 1.59. The molecule has 86 valence electrons.